The van der Waals surface area contributed by atoms with Crippen LogP contribution < -0.4 is 5.32 Å². The fourth-order valence-electron chi connectivity index (χ4n) is 8.36. The van der Waals surface area contributed by atoms with E-state index in [9.17, 15) is 4.79 Å². The van der Waals surface area contributed by atoms with Crippen molar-refractivity contribution in [2.75, 3.05) is 45.8 Å². The second kappa shape index (κ2) is 13.6. The maximum absolute atomic E-state index is 14.2. The maximum Gasteiger partial charge on any atom is 0.227 e. The predicted octanol–water partition coefficient (Wildman–Crippen LogP) is 6.33. The Morgan fingerprint density at radius 1 is 0.829 bits per heavy atom. The molecule has 2 saturated heterocycles. The SMILES string of the molecule is O=C([C@H]1CN(C2CCCCC2)C[C@@H]1c1ccc(Cl)cc1)N1CCN(C2(CNCc3ccccc3)CCCCC2)CC1. The van der Waals surface area contributed by atoms with Crippen molar-refractivity contribution in [2.24, 2.45) is 5.92 Å². The van der Waals surface area contributed by atoms with Crippen LogP contribution in [-0.4, -0.2) is 78.0 Å². The Morgan fingerprint density at radius 2 is 1.51 bits per heavy atom. The van der Waals surface area contributed by atoms with E-state index in [-0.39, 0.29) is 17.4 Å². The lowest BCUT2D eigenvalue weighted by atomic mass is 9.79. The Hall–Kier alpha value is -1.92. The molecule has 0 aromatic heterocycles. The molecule has 222 valence electrons. The number of hydrogen-bond donors (Lipinski definition) is 1. The van der Waals surface area contributed by atoms with Crippen LogP contribution in [0.2, 0.25) is 5.02 Å². The number of rotatable bonds is 8. The first-order chi connectivity index (χ1) is 20.1. The molecule has 2 aliphatic heterocycles. The quantitative estimate of drug-likeness (QED) is 0.399. The summed E-state index contributed by atoms with van der Waals surface area (Å²) in [6, 6.07) is 19.7. The van der Waals surface area contributed by atoms with Crippen LogP contribution in [0.25, 0.3) is 0 Å². The average Bonchev–Trinajstić information content (AvgIpc) is 3.48. The first-order valence-corrected chi connectivity index (χ1v) is 16.8. The van der Waals surface area contributed by atoms with Gasteiger partial charge in [-0.1, -0.05) is 92.6 Å². The number of likely N-dealkylation sites (tertiary alicyclic amines) is 1. The van der Waals surface area contributed by atoms with E-state index in [1.165, 1.54) is 75.3 Å². The molecule has 1 N–H and O–H groups in total. The van der Waals surface area contributed by atoms with Gasteiger partial charge < -0.3 is 10.2 Å². The predicted molar refractivity (Wildman–Crippen MR) is 168 cm³/mol. The van der Waals surface area contributed by atoms with E-state index in [1.54, 1.807) is 0 Å². The molecule has 2 aromatic rings. The van der Waals surface area contributed by atoms with Gasteiger partial charge in [-0.2, -0.15) is 0 Å². The van der Waals surface area contributed by atoms with Crippen molar-refractivity contribution in [3.05, 3.63) is 70.7 Å². The van der Waals surface area contributed by atoms with Crippen LogP contribution in [0.4, 0.5) is 0 Å². The fraction of sp³-hybridized carbons (Fsp3) is 0.629. The van der Waals surface area contributed by atoms with Crippen molar-refractivity contribution >= 4 is 17.5 Å². The van der Waals surface area contributed by atoms with Crippen LogP contribution in [0.3, 0.4) is 0 Å². The van der Waals surface area contributed by atoms with E-state index in [4.69, 9.17) is 11.6 Å². The van der Waals surface area contributed by atoms with Crippen molar-refractivity contribution in [1.82, 2.24) is 20.0 Å². The minimum absolute atomic E-state index is 0.0424. The summed E-state index contributed by atoms with van der Waals surface area (Å²) in [6.45, 7) is 7.55. The molecular weight excluding hydrogens is 528 g/mol. The van der Waals surface area contributed by atoms with Gasteiger partial charge in [-0.3, -0.25) is 14.6 Å². The highest BCUT2D eigenvalue weighted by Gasteiger charge is 2.44. The molecule has 2 atom stereocenters. The van der Waals surface area contributed by atoms with Crippen molar-refractivity contribution in [3.8, 4) is 0 Å². The Labute approximate surface area is 252 Å². The second-order valence-corrected chi connectivity index (χ2v) is 13.6. The first kappa shape index (κ1) is 29.2. The van der Waals surface area contributed by atoms with Crippen molar-refractivity contribution < 1.29 is 4.79 Å². The lowest BCUT2D eigenvalue weighted by Crippen LogP contribution is -2.62. The summed E-state index contributed by atoms with van der Waals surface area (Å²) in [5, 5.41) is 4.58. The molecule has 0 radical (unpaired) electrons. The van der Waals surface area contributed by atoms with Gasteiger partial charge >= 0.3 is 0 Å². The zero-order chi connectivity index (χ0) is 28.1. The Bertz CT molecular complexity index is 1100. The highest BCUT2D eigenvalue weighted by Crippen LogP contribution is 2.39. The van der Waals surface area contributed by atoms with Crippen LogP contribution in [0.5, 0.6) is 0 Å². The molecule has 2 heterocycles. The van der Waals surface area contributed by atoms with Gasteiger partial charge in [0.2, 0.25) is 5.91 Å². The summed E-state index contributed by atoms with van der Waals surface area (Å²) in [5.74, 6) is 0.676. The van der Waals surface area contributed by atoms with E-state index in [0.717, 1.165) is 57.4 Å². The molecule has 41 heavy (non-hydrogen) atoms. The first-order valence-electron chi connectivity index (χ1n) is 16.4. The number of carbonyl (C=O) groups excluding carboxylic acids is 1. The van der Waals surface area contributed by atoms with Crippen LogP contribution in [0.15, 0.2) is 54.6 Å². The summed E-state index contributed by atoms with van der Waals surface area (Å²) >= 11 is 6.25. The minimum atomic E-state index is 0.0424. The molecule has 2 aliphatic carbocycles. The van der Waals surface area contributed by atoms with Gasteiger partial charge in [0, 0.05) is 74.9 Å². The maximum atomic E-state index is 14.2. The number of nitrogens with one attached hydrogen (secondary N) is 1. The second-order valence-electron chi connectivity index (χ2n) is 13.2. The molecule has 0 unspecified atom stereocenters. The number of piperazine rings is 1. The van der Waals surface area contributed by atoms with E-state index >= 15 is 0 Å². The van der Waals surface area contributed by atoms with Crippen LogP contribution in [0.1, 0.15) is 81.3 Å². The van der Waals surface area contributed by atoms with Gasteiger partial charge in [0.15, 0.2) is 0 Å². The molecule has 5 nitrogen and oxygen atoms in total. The van der Waals surface area contributed by atoms with Gasteiger partial charge in [-0.05, 0) is 48.9 Å². The molecule has 4 aliphatic rings. The summed E-state index contributed by atoms with van der Waals surface area (Å²) in [6.07, 6.45) is 13.1. The molecule has 0 spiro atoms. The number of carbonyl (C=O) groups is 1. The van der Waals surface area contributed by atoms with Gasteiger partial charge in [-0.25, -0.2) is 0 Å². The number of nitrogens with zero attached hydrogens (tertiary/aromatic N) is 3. The van der Waals surface area contributed by atoms with Crippen LogP contribution in [0, 0.1) is 5.92 Å². The molecule has 6 heteroatoms. The summed E-state index contributed by atoms with van der Waals surface area (Å²) in [5.41, 5.74) is 2.84. The average molecular weight is 577 g/mol. The standard InChI is InChI=1S/C35H49ClN4O/c36-30-16-14-29(15-17-30)32-25-39(31-12-6-2-7-13-31)26-33(32)34(41)38-20-22-40(23-21-38)35(18-8-3-9-19-35)27-37-24-28-10-4-1-5-11-28/h1,4-5,10-11,14-17,31-33,37H,2-3,6-9,12-13,18-27H2/t32-,33+/m1/s1. The van der Waals surface area contributed by atoms with Crippen molar-refractivity contribution in [2.45, 2.75) is 88.3 Å². The highest BCUT2D eigenvalue weighted by atomic mass is 35.5. The molecule has 4 fully saturated rings. The van der Waals surface area contributed by atoms with Crippen LogP contribution >= 0.6 is 11.6 Å². The number of hydrogen-bond acceptors (Lipinski definition) is 4. The smallest absolute Gasteiger partial charge is 0.227 e. The summed E-state index contributed by atoms with van der Waals surface area (Å²) in [7, 11) is 0. The molecule has 2 saturated carbocycles. The van der Waals surface area contributed by atoms with Gasteiger partial charge in [0.05, 0.1) is 5.92 Å². The monoisotopic (exact) mass is 576 g/mol. The highest BCUT2D eigenvalue weighted by molar-refractivity contribution is 6.30. The Morgan fingerprint density at radius 3 is 2.22 bits per heavy atom. The van der Waals surface area contributed by atoms with E-state index in [0.29, 0.717) is 11.9 Å². The van der Waals surface area contributed by atoms with Gasteiger partial charge in [-0.15, -0.1) is 0 Å². The molecule has 2 aromatic carbocycles. The zero-order valence-corrected chi connectivity index (χ0v) is 25.5. The molecule has 6 rings (SSSR count). The number of amides is 1. The minimum Gasteiger partial charge on any atom is -0.340 e. The lowest BCUT2D eigenvalue weighted by Gasteiger charge is -2.50. The summed E-state index contributed by atoms with van der Waals surface area (Å²) in [4.78, 5) is 21.8. The Kier molecular flexibility index (Phi) is 9.66. The summed E-state index contributed by atoms with van der Waals surface area (Å²) < 4.78 is 0. The Balaban J connectivity index is 1.11. The lowest BCUT2D eigenvalue weighted by molar-refractivity contribution is -0.138. The van der Waals surface area contributed by atoms with Crippen molar-refractivity contribution in [3.63, 3.8) is 0 Å². The van der Waals surface area contributed by atoms with E-state index in [2.05, 4.69) is 62.5 Å². The third-order valence-electron chi connectivity index (χ3n) is 10.7. The topological polar surface area (TPSA) is 38.8 Å². The molecular formula is C35H49ClN4O. The van der Waals surface area contributed by atoms with Crippen molar-refractivity contribution in [1.29, 1.82) is 0 Å². The molecule has 0 bridgehead atoms. The zero-order valence-electron chi connectivity index (χ0n) is 24.8. The normalized spacial score (nSPS) is 26.3. The fourth-order valence-corrected chi connectivity index (χ4v) is 8.49. The largest absolute Gasteiger partial charge is 0.340 e. The third-order valence-corrected chi connectivity index (χ3v) is 11.0. The van der Waals surface area contributed by atoms with Gasteiger partial charge in [0.25, 0.3) is 0 Å². The molecule has 1 amide bonds. The van der Waals surface area contributed by atoms with E-state index in [1.807, 2.05) is 12.1 Å². The number of halogens is 1. The third kappa shape index (κ3) is 6.85. The van der Waals surface area contributed by atoms with Gasteiger partial charge in [0.1, 0.15) is 0 Å². The van der Waals surface area contributed by atoms with E-state index < -0.39 is 0 Å². The van der Waals surface area contributed by atoms with Crippen LogP contribution in [-0.2, 0) is 11.3 Å². The number of benzene rings is 2.